The highest BCUT2D eigenvalue weighted by Gasteiger charge is 1.93. The van der Waals surface area contributed by atoms with Gasteiger partial charge in [-0.1, -0.05) is 0 Å². The average molecular weight is 290 g/mol. The van der Waals surface area contributed by atoms with Crippen LogP contribution < -0.4 is 10.9 Å². The van der Waals surface area contributed by atoms with Gasteiger partial charge >= 0.3 is 0 Å². The number of thiocarbonyl (C=S) groups is 1. The van der Waals surface area contributed by atoms with Gasteiger partial charge in [-0.3, -0.25) is 10.9 Å². The van der Waals surface area contributed by atoms with E-state index in [0.29, 0.717) is 18.0 Å². The molecule has 2 rings (SSSR count). The zero-order valence-electron chi connectivity index (χ0n) is 10.7. The van der Waals surface area contributed by atoms with Gasteiger partial charge in [0.15, 0.2) is 0 Å². The van der Waals surface area contributed by atoms with E-state index in [9.17, 15) is 0 Å². The second kappa shape index (κ2) is 7.90. The van der Waals surface area contributed by atoms with Crippen molar-refractivity contribution in [2.75, 3.05) is 0 Å². The van der Waals surface area contributed by atoms with Crippen LogP contribution in [-0.4, -0.2) is 17.5 Å². The van der Waals surface area contributed by atoms with Crippen molar-refractivity contribution in [3.05, 3.63) is 48.3 Å². The first kappa shape index (κ1) is 14.0. The molecule has 104 valence electrons. The maximum absolute atomic E-state index is 5.16. The predicted octanol–water partition coefficient (Wildman–Crippen LogP) is 2.09. The van der Waals surface area contributed by atoms with E-state index in [1.54, 1.807) is 25.0 Å². The lowest BCUT2D eigenvalue weighted by Gasteiger charge is -2.00. The molecule has 0 fully saturated rings. The Morgan fingerprint density at radius 3 is 1.90 bits per heavy atom. The van der Waals surface area contributed by atoms with Crippen molar-refractivity contribution in [3.8, 4) is 0 Å². The number of furan rings is 2. The van der Waals surface area contributed by atoms with Crippen molar-refractivity contribution >= 4 is 29.8 Å². The fourth-order valence-corrected chi connectivity index (χ4v) is 1.47. The molecule has 0 aliphatic rings. The molecule has 2 heterocycles. The predicted molar refractivity (Wildman–Crippen MR) is 80.7 cm³/mol. The fourth-order valence-electron chi connectivity index (χ4n) is 1.36. The Kier molecular flexibility index (Phi) is 5.53. The van der Waals surface area contributed by atoms with E-state index in [1.807, 2.05) is 24.3 Å². The molecule has 0 unspecified atom stereocenters. The number of rotatable bonds is 6. The van der Waals surface area contributed by atoms with Crippen LogP contribution in [0.1, 0.15) is 11.5 Å². The minimum Gasteiger partial charge on any atom is -0.469 e. The van der Waals surface area contributed by atoms with Crippen LogP contribution in [0.15, 0.2) is 55.8 Å². The van der Waals surface area contributed by atoms with Crippen LogP contribution in [0.2, 0.25) is 0 Å². The van der Waals surface area contributed by atoms with E-state index >= 15 is 0 Å². The van der Waals surface area contributed by atoms with E-state index in [-0.39, 0.29) is 0 Å². The Hall–Kier alpha value is -2.41. The number of nitrogens with zero attached hydrogens (tertiary/aromatic N) is 2. The number of nitrogens with one attached hydrogen (secondary N) is 2. The molecule has 0 bridgehead atoms. The minimum atomic E-state index is 0.316. The molecule has 20 heavy (non-hydrogen) atoms. The van der Waals surface area contributed by atoms with Gasteiger partial charge in [0.05, 0.1) is 12.5 Å². The summed E-state index contributed by atoms with van der Waals surface area (Å²) in [6, 6.07) is 7.41. The van der Waals surface area contributed by atoms with Crippen LogP contribution in [0.5, 0.6) is 0 Å². The van der Waals surface area contributed by atoms with Gasteiger partial charge < -0.3 is 8.83 Å². The second-order valence-corrected chi connectivity index (χ2v) is 4.15. The minimum absolute atomic E-state index is 0.316. The molecule has 2 aromatic rings. The zero-order chi connectivity index (χ0) is 14.0. The van der Waals surface area contributed by atoms with Crippen molar-refractivity contribution in [2.24, 2.45) is 10.2 Å². The van der Waals surface area contributed by atoms with E-state index in [4.69, 9.17) is 21.1 Å². The molecule has 0 saturated carbocycles. The molecule has 0 amide bonds. The van der Waals surface area contributed by atoms with Gasteiger partial charge in [-0.05, 0) is 36.5 Å². The summed E-state index contributed by atoms with van der Waals surface area (Å²) in [5.41, 5.74) is 5.30. The summed E-state index contributed by atoms with van der Waals surface area (Å²) in [5, 5.41) is 8.20. The van der Waals surface area contributed by atoms with E-state index in [1.165, 1.54) is 0 Å². The van der Waals surface area contributed by atoms with E-state index in [2.05, 4.69) is 21.1 Å². The normalized spacial score (nSPS) is 11.2. The van der Waals surface area contributed by atoms with Crippen molar-refractivity contribution in [3.63, 3.8) is 0 Å². The third kappa shape index (κ3) is 5.07. The smallest absolute Gasteiger partial charge is 0.207 e. The van der Waals surface area contributed by atoms with Crippen LogP contribution in [0.3, 0.4) is 0 Å². The van der Waals surface area contributed by atoms with Gasteiger partial charge in [0.1, 0.15) is 11.5 Å². The highest BCUT2D eigenvalue weighted by Crippen LogP contribution is 1.99. The molecule has 2 N–H and O–H groups in total. The maximum Gasteiger partial charge on any atom is 0.207 e. The molecular formula is C13H14N4O2S. The average Bonchev–Trinajstić information content (AvgIpc) is 3.13. The standard InChI is InChI=1S/C13H14N4O2S/c20-13(16-14-7-5-11-3-1-9-18-11)17-15-8-6-12-4-2-10-19-12/h1-4,7-10H,5-6H2,(H2,16,17,20). The molecule has 2 aromatic heterocycles. The largest absolute Gasteiger partial charge is 0.469 e. The third-order valence-electron chi connectivity index (χ3n) is 2.26. The SMILES string of the molecule is S=C(NN=CCc1ccco1)NN=CCc1ccco1. The van der Waals surface area contributed by atoms with Crippen LogP contribution in [0.4, 0.5) is 0 Å². The zero-order valence-corrected chi connectivity index (χ0v) is 11.5. The first-order valence-corrected chi connectivity index (χ1v) is 6.39. The summed E-state index contributed by atoms with van der Waals surface area (Å²) in [4.78, 5) is 0. The molecule has 6 nitrogen and oxygen atoms in total. The Morgan fingerprint density at radius 1 is 1.00 bits per heavy atom. The summed E-state index contributed by atoms with van der Waals surface area (Å²) in [6.07, 6.45) is 7.78. The van der Waals surface area contributed by atoms with Gasteiger partial charge in [0.2, 0.25) is 5.11 Å². The van der Waals surface area contributed by atoms with Gasteiger partial charge in [-0.2, -0.15) is 10.2 Å². The molecule has 0 aromatic carbocycles. The Labute approximate surface area is 121 Å². The van der Waals surface area contributed by atoms with Crippen molar-refractivity contribution in [2.45, 2.75) is 12.8 Å². The molecule has 0 saturated heterocycles. The van der Waals surface area contributed by atoms with Crippen LogP contribution in [0, 0.1) is 0 Å². The number of hydrogen-bond acceptors (Lipinski definition) is 5. The van der Waals surface area contributed by atoms with Crippen LogP contribution in [0.25, 0.3) is 0 Å². The second-order valence-electron chi connectivity index (χ2n) is 3.74. The Morgan fingerprint density at radius 2 is 1.50 bits per heavy atom. The molecule has 0 aliphatic carbocycles. The molecular weight excluding hydrogens is 276 g/mol. The Balaban J connectivity index is 1.60. The van der Waals surface area contributed by atoms with Crippen molar-refractivity contribution in [1.82, 2.24) is 10.9 Å². The summed E-state index contributed by atoms with van der Waals surface area (Å²) >= 11 is 4.98. The Bertz CT molecular complexity index is 511. The van der Waals surface area contributed by atoms with Crippen LogP contribution in [-0.2, 0) is 12.8 Å². The number of hydrogen-bond donors (Lipinski definition) is 2. The van der Waals surface area contributed by atoms with Gasteiger partial charge in [-0.25, -0.2) is 0 Å². The third-order valence-corrected chi connectivity index (χ3v) is 2.44. The topological polar surface area (TPSA) is 75.1 Å². The maximum atomic E-state index is 5.16. The van der Waals surface area contributed by atoms with E-state index in [0.717, 1.165) is 11.5 Å². The number of hydrazone groups is 2. The summed E-state index contributed by atoms with van der Waals surface area (Å²) < 4.78 is 10.3. The lowest BCUT2D eigenvalue weighted by Crippen LogP contribution is -2.28. The van der Waals surface area contributed by atoms with Gasteiger partial charge in [0.25, 0.3) is 0 Å². The van der Waals surface area contributed by atoms with Crippen LogP contribution >= 0.6 is 12.2 Å². The quantitative estimate of drug-likeness (QED) is 0.484. The van der Waals surface area contributed by atoms with Crippen molar-refractivity contribution in [1.29, 1.82) is 0 Å². The first-order chi connectivity index (χ1) is 9.84. The van der Waals surface area contributed by atoms with Gasteiger partial charge in [0, 0.05) is 25.3 Å². The van der Waals surface area contributed by atoms with E-state index < -0.39 is 0 Å². The van der Waals surface area contributed by atoms with Gasteiger partial charge in [-0.15, -0.1) is 0 Å². The lowest BCUT2D eigenvalue weighted by atomic mass is 10.3. The monoisotopic (exact) mass is 290 g/mol. The molecule has 7 heteroatoms. The summed E-state index contributed by atoms with van der Waals surface area (Å²) in [7, 11) is 0. The highest BCUT2D eigenvalue weighted by molar-refractivity contribution is 7.80. The highest BCUT2D eigenvalue weighted by atomic mass is 32.1. The fraction of sp³-hybridized carbons (Fsp3) is 0.154. The molecule has 0 aliphatic heterocycles. The van der Waals surface area contributed by atoms with Crippen molar-refractivity contribution < 1.29 is 8.83 Å². The summed E-state index contributed by atoms with van der Waals surface area (Å²) in [6.45, 7) is 0. The molecule has 0 radical (unpaired) electrons. The summed E-state index contributed by atoms with van der Waals surface area (Å²) in [5.74, 6) is 1.68. The first-order valence-electron chi connectivity index (χ1n) is 5.98. The molecule has 0 spiro atoms. The molecule has 0 atom stereocenters. The lowest BCUT2D eigenvalue weighted by molar-refractivity contribution is 0.527.